The van der Waals surface area contributed by atoms with Gasteiger partial charge in [-0.1, -0.05) is 12.1 Å². The Labute approximate surface area is 59.2 Å². The zero-order valence-corrected chi connectivity index (χ0v) is 5.37. The average molecular weight is 132 g/mol. The summed E-state index contributed by atoms with van der Waals surface area (Å²) in [7, 11) is 0. The standard InChI is InChI=1S/C8H6NO/c1-2-4-8-7(3-1)9-5-6-10-8/h1-2,4-5H,6H2. The highest BCUT2D eigenvalue weighted by Gasteiger charge is 2.03. The second-order valence-electron chi connectivity index (χ2n) is 2.01. The van der Waals surface area contributed by atoms with Crippen LogP contribution in [0.3, 0.4) is 0 Å². The molecule has 1 aliphatic rings. The molecule has 10 heavy (non-hydrogen) atoms. The third kappa shape index (κ3) is 0.778. The maximum atomic E-state index is 5.24. The Morgan fingerprint density at radius 3 is 3.50 bits per heavy atom. The number of ether oxygens (including phenoxy) is 1. The van der Waals surface area contributed by atoms with Crippen molar-refractivity contribution >= 4 is 11.9 Å². The van der Waals surface area contributed by atoms with Crippen molar-refractivity contribution in [2.75, 3.05) is 6.61 Å². The third-order valence-corrected chi connectivity index (χ3v) is 1.33. The lowest BCUT2D eigenvalue weighted by atomic mass is 10.3. The summed E-state index contributed by atoms with van der Waals surface area (Å²) in [5.41, 5.74) is 0.800. The summed E-state index contributed by atoms with van der Waals surface area (Å²) in [5.74, 6) is 0.824. The first-order chi connectivity index (χ1) is 4.97. The van der Waals surface area contributed by atoms with Crippen LogP contribution in [-0.4, -0.2) is 12.8 Å². The molecule has 1 aliphatic heterocycles. The molecule has 0 saturated carbocycles. The van der Waals surface area contributed by atoms with E-state index in [-0.39, 0.29) is 0 Å². The predicted molar refractivity (Wildman–Crippen MR) is 38.9 cm³/mol. The van der Waals surface area contributed by atoms with Crippen molar-refractivity contribution in [1.29, 1.82) is 0 Å². The average Bonchev–Trinajstić information content (AvgIpc) is 2.05. The van der Waals surface area contributed by atoms with Crippen molar-refractivity contribution in [1.82, 2.24) is 0 Å². The highest BCUT2D eigenvalue weighted by Crippen LogP contribution is 2.27. The molecular formula is C8H6NO. The number of nitrogens with zero attached hydrogens (tertiary/aromatic N) is 1. The number of rotatable bonds is 0. The monoisotopic (exact) mass is 132 g/mol. The molecular weight excluding hydrogens is 126 g/mol. The second kappa shape index (κ2) is 2.14. The van der Waals surface area contributed by atoms with Crippen LogP contribution in [0.2, 0.25) is 0 Å². The predicted octanol–water partition coefficient (Wildman–Crippen LogP) is 1.58. The third-order valence-electron chi connectivity index (χ3n) is 1.33. The molecule has 1 aromatic carbocycles. The fourth-order valence-corrected chi connectivity index (χ4v) is 0.886. The fourth-order valence-electron chi connectivity index (χ4n) is 0.886. The molecule has 2 rings (SSSR count). The summed E-state index contributed by atoms with van der Waals surface area (Å²) in [5, 5.41) is 0. The number of hydrogen-bond acceptors (Lipinski definition) is 2. The van der Waals surface area contributed by atoms with Gasteiger partial charge in [0.2, 0.25) is 0 Å². The molecule has 0 amide bonds. The first-order valence-electron chi connectivity index (χ1n) is 3.13. The van der Waals surface area contributed by atoms with Crippen LogP contribution >= 0.6 is 0 Å². The van der Waals surface area contributed by atoms with E-state index in [0.717, 1.165) is 11.4 Å². The van der Waals surface area contributed by atoms with Gasteiger partial charge in [0.15, 0.2) is 0 Å². The Morgan fingerprint density at radius 2 is 2.60 bits per heavy atom. The summed E-state index contributed by atoms with van der Waals surface area (Å²) >= 11 is 0. The quantitative estimate of drug-likeness (QED) is 0.525. The maximum Gasteiger partial charge on any atom is 0.146 e. The van der Waals surface area contributed by atoms with Gasteiger partial charge in [0.25, 0.3) is 0 Å². The molecule has 0 aliphatic carbocycles. The Kier molecular flexibility index (Phi) is 1.17. The molecule has 2 heteroatoms. The number of para-hydroxylation sites is 1. The van der Waals surface area contributed by atoms with Crippen LogP contribution in [0, 0.1) is 6.07 Å². The van der Waals surface area contributed by atoms with Crippen LogP contribution in [0.1, 0.15) is 0 Å². The topological polar surface area (TPSA) is 21.6 Å². The van der Waals surface area contributed by atoms with E-state index in [1.165, 1.54) is 0 Å². The lowest BCUT2D eigenvalue weighted by Crippen LogP contribution is -2.01. The van der Waals surface area contributed by atoms with Gasteiger partial charge >= 0.3 is 0 Å². The first kappa shape index (κ1) is 5.47. The van der Waals surface area contributed by atoms with Gasteiger partial charge in [-0.15, -0.1) is 0 Å². The van der Waals surface area contributed by atoms with Gasteiger partial charge in [0.1, 0.15) is 18.0 Å². The minimum absolute atomic E-state index is 0.574. The number of hydrogen-bond donors (Lipinski definition) is 0. The van der Waals surface area contributed by atoms with E-state index in [9.17, 15) is 0 Å². The highest BCUT2D eigenvalue weighted by atomic mass is 16.5. The first-order valence-corrected chi connectivity index (χ1v) is 3.13. The van der Waals surface area contributed by atoms with E-state index in [1.807, 2.05) is 18.2 Å². The molecule has 1 heterocycles. The summed E-state index contributed by atoms with van der Waals surface area (Å²) in [6.45, 7) is 0.574. The Morgan fingerprint density at radius 1 is 1.60 bits per heavy atom. The van der Waals surface area contributed by atoms with E-state index in [4.69, 9.17) is 4.74 Å². The highest BCUT2D eigenvalue weighted by molar-refractivity contribution is 5.70. The minimum atomic E-state index is 0.574. The van der Waals surface area contributed by atoms with E-state index in [2.05, 4.69) is 11.1 Å². The number of benzene rings is 1. The van der Waals surface area contributed by atoms with Crippen molar-refractivity contribution in [3.05, 3.63) is 24.3 Å². The van der Waals surface area contributed by atoms with Crippen molar-refractivity contribution < 1.29 is 4.74 Å². The van der Waals surface area contributed by atoms with Crippen molar-refractivity contribution in [3.63, 3.8) is 0 Å². The van der Waals surface area contributed by atoms with Crippen LogP contribution < -0.4 is 4.74 Å². The molecule has 0 atom stereocenters. The van der Waals surface area contributed by atoms with Gasteiger partial charge in [-0.05, 0) is 6.07 Å². The Bertz CT molecular complexity index is 268. The van der Waals surface area contributed by atoms with Crippen LogP contribution in [0.4, 0.5) is 5.69 Å². The smallest absolute Gasteiger partial charge is 0.146 e. The summed E-state index contributed by atoms with van der Waals surface area (Å²) in [6, 6.07) is 8.57. The van der Waals surface area contributed by atoms with E-state index >= 15 is 0 Å². The van der Waals surface area contributed by atoms with Crippen molar-refractivity contribution in [2.45, 2.75) is 0 Å². The molecule has 0 unspecified atom stereocenters. The summed E-state index contributed by atoms with van der Waals surface area (Å²) < 4.78 is 5.24. The SMILES string of the molecule is [c]1cccc2c1N=CCO2. The van der Waals surface area contributed by atoms with E-state index in [0.29, 0.717) is 6.61 Å². The van der Waals surface area contributed by atoms with Crippen molar-refractivity contribution in [2.24, 2.45) is 4.99 Å². The Balaban J connectivity index is 2.54. The van der Waals surface area contributed by atoms with Crippen LogP contribution in [0.25, 0.3) is 0 Å². The fraction of sp³-hybridized carbons (Fsp3) is 0.125. The second-order valence-corrected chi connectivity index (χ2v) is 2.01. The van der Waals surface area contributed by atoms with Crippen molar-refractivity contribution in [3.8, 4) is 5.75 Å². The minimum Gasteiger partial charge on any atom is -0.486 e. The Hall–Kier alpha value is -1.31. The molecule has 0 saturated heterocycles. The zero-order valence-electron chi connectivity index (χ0n) is 5.37. The molecule has 0 N–H and O–H groups in total. The van der Waals surface area contributed by atoms with Gasteiger partial charge in [-0.25, -0.2) is 0 Å². The molecule has 1 radical (unpaired) electrons. The molecule has 49 valence electrons. The molecule has 0 fully saturated rings. The number of fused-ring (bicyclic) bond motifs is 1. The van der Waals surface area contributed by atoms with Crippen LogP contribution in [0.15, 0.2) is 23.2 Å². The number of aliphatic imine (C=N–C) groups is 1. The lowest BCUT2D eigenvalue weighted by molar-refractivity contribution is 0.377. The molecule has 0 bridgehead atoms. The molecule has 0 spiro atoms. The maximum absolute atomic E-state index is 5.24. The normalized spacial score (nSPS) is 14.0. The lowest BCUT2D eigenvalue weighted by Gasteiger charge is -2.09. The summed E-state index contributed by atoms with van der Waals surface area (Å²) in [6.07, 6.45) is 1.73. The molecule has 0 aromatic heterocycles. The molecule has 2 nitrogen and oxygen atoms in total. The van der Waals surface area contributed by atoms with Gasteiger partial charge in [0.05, 0.1) is 0 Å². The van der Waals surface area contributed by atoms with Crippen LogP contribution in [0.5, 0.6) is 5.75 Å². The summed E-state index contributed by atoms with van der Waals surface area (Å²) in [4.78, 5) is 4.09. The van der Waals surface area contributed by atoms with Gasteiger partial charge in [-0.2, -0.15) is 0 Å². The van der Waals surface area contributed by atoms with Gasteiger partial charge in [-0.3, -0.25) is 4.99 Å². The van der Waals surface area contributed by atoms with E-state index in [1.54, 1.807) is 6.21 Å². The van der Waals surface area contributed by atoms with Gasteiger partial charge < -0.3 is 4.74 Å². The zero-order chi connectivity index (χ0) is 6.81. The largest absolute Gasteiger partial charge is 0.486 e. The van der Waals surface area contributed by atoms with Crippen LogP contribution in [-0.2, 0) is 0 Å². The molecule has 1 aromatic rings. The van der Waals surface area contributed by atoms with Gasteiger partial charge in [0, 0.05) is 12.3 Å². The van der Waals surface area contributed by atoms with E-state index < -0.39 is 0 Å².